The third kappa shape index (κ3) is 6.55. The van der Waals surface area contributed by atoms with Crippen LogP contribution in [0.25, 0.3) is 6.08 Å². The zero-order chi connectivity index (χ0) is 23.8. The molecule has 6 heteroatoms. The zero-order valence-corrected chi connectivity index (χ0v) is 18.8. The molecule has 0 unspecified atom stereocenters. The van der Waals surface area contributed by atoms with E-state index in [9.17, 15) is 14.9 Å². The molecular weight excluding hydrogens is 414 g/mol. The van der Waals surface area contributed by atoms with E-state index in [1.165, 1.54) is 6.08 Å². The van der Waals surface area contributed by atoms with Crippen LogP contribution >= 0.6 is 0 Å². The van der Waals surface area contributed by atoms with Gasteiger partial charge in [-0.3, -0.25) is 9.59 Å². The Kier molecular flexibility index (Phi) is 7.61. The molecule has 0 heterocycles. The Labute approximate surface area is 193 Å². The number of ether oxygens (including phenoxy) is 1. The Hall–Kier alpha value is -4.37. The van der Waals surface area contributed by atoms with Gasteiger partial charge in [0.2, 0.25) is 0 Å². The lowest BCUT2D eigenvalue weighted by molar-refractivity contribution is -0.118. The van der Waals surface area contributed by atoms with E-state index >= 15 is 0 Å². The van der Waals surface area contributed by atoms with E-state index in [1.54, 1.807) is 30.3 Å². The summed E-state index contributed by atoms with van der Waals surface area (Å²) in [7, 11) is 0. The number of hydrogen-bond acceptors (Lipinski definition) is 4. The van der Waals surface area contributed by atoms with Crippen LogP contribution in [0.15, 0.2) is 72.3 Å². The predicted octanol–water partition coefficient (Wildman–Crippen LogP) is 5.18. The van der Waals surface area contributed by atoms with E-state index in [0.717, 1.165) is 22.4 Å². The smallest absolute Gasteiger partial charge is 0.266 e. The van der Waals surface area contributed by atoms with Gasteiger partial charge in [0.25, 0.3) is 11.8 Å². The van der Waals surface area contributed by atoms with Crippen molar-refractivity contribution in [2.75, 3.05) is 17.2 Å². The summed E-state index contributed by atoms with van der Waals surface area (Å²) in [6.45, 7) is 5.75. The molecular formula is C27H25N3O3. The van der Waals surface area contributed by atoms with E-state index in [2.05, 4.69) is 10.6 Å². The molecule has 3 aromatic carbocycles. The number of amides is 2. The Morgan fingerprint density at radius 1 is 0.909 bits per heavy atom. The normalized spacial score (nSPS) is 10.8. The Morgan fingerprint density at radius 3 is 2.30 bits per heavy atom. The third-order valence-corrected chi connectivity index (χ3v) is 5.11. The minimum absolute atomic E-state index is 0.0142. The molecule has 0 aliphatic carbocycles. The van der Waals surface area contributed by atoms with Crippen molar-refractivity contribution in [1.82, 2.24) is 0 Å². The molecule has 0 aliphatic rings. The first-order valence-corrected chi connectivity index (χ1v) is 10.4. The van der Waals surface area contributed by atoms with Crippen molar-refractivity contribution in [3.8, 4) is 11.8 Å². The van der Waals surface area contributed by atoms with Crippen molar-refractivity contribution in [3.05, 3.63) is 94.6 Å². The molecule has 6 nitrogen and oxygen atoms in total. The Bertz CT molecular complexity index is 1240. The Balaban J connectivity index is 1.58. The van der Waals surface area contributed by atoms with Gasteiger partial charge >= 0.3 is 0 Å². The van der Waals surface area contributed by atoms with E-state index in [0.29, 0.717) is 17.0 Å². The minimum atomic E-state index is -0.477. The van der Waals surface area contributed by atoms with Gasteiger partial charge in [-0.05, 0) is 79.4 Å². The third-order valence-electron chi connectivity index (χ3n) is 5.11. The van der Waals surface area contributed by atoms with Crippen molar-refractivity contribution < 1.29 is 14.3 Å². The lowest BCUT2D eigenvalue weighted by Crippen LogP contribution is -2.20. The van der Waals surface area contributed by atoms with Crippen LogP contribution in [0, 0.1) is 32.1 Å². The monoisotopic (exact) mass is 439 g/mol. The molecule has 2 amide bonds. The molecule has 0 spiro atoms. The molecule has 0 atom stereocenters. The van der Waals surface area contributed by atoms with Crippen LogP contribution in [-0.4, -0.2) is 18.4 Å². The summed E-state index contributed by atoms with van der Waals surface area (Å²) in [5.41, 5.74) is 5.20. The average Bonchev–Trinajstić information content (AvgIpc) is 2.80. The molecule has 3 rings (SSSR count). The number of aryl methyl sites for hydroxylation is 3. The lowest BCUT2D eigenvalue weighted by Gasteiger charge is -2.09. The fourth-order valence-corrected chi connectivity index (χ4v) is 3.04. The molecule has 2 N–H and O–H groups in total. The maximum Gasteiger partial charge on any atom is 0.266 e. The number of anilines is 2. The van der Waals surface area contributed by atoms with Gasteiger partial charge < -0.3 is 15.4 Å². The minimum Gasteiger partial charge on any atom is -0.484 e. The van der Waals surface area contributed by atoms with Crippen molar-refractivity contribution in [2.24, 2.45) is 0 Å². The predicted molar refractivity (Wildman–Crippen MR) is 130 cm³/mol. The summed E-state index contributed by atoms with van der Waals surface area (Å²) in [5, 5.41) is 15.0. The number of rotatable bonds is 7. The van der Waals surface area contributed by atoms with Crippen LogP contribution in [0.1, 0.15) is 22.3 Å². The lowest BCUT2D eigenvalue weighted by atomic mass is 10.1. The van der Waals surface area contributed by atoms with Gasteiger partial charge in [-0.1, -0.05) is 36.4 Å². The first-order chi connectivity index (χ1) is 15.9. The van der Waals surface area contributed by atoms with Gasteiger partial charge in [0.1, 0.15) is 17.4 Å². The van der Waals surface area contributed by atoms with Gasteiger partial charge in [0.05, 0.1) is 0 Å². The topological polar surface area (TPSA) is 91.2 Å². The van der Waals surface area contributed by atoms with Crippen molar-refractivity contribution in [3.63, 3.8) is 0 Å². The van der Waals surface area contributed by atoms with Gasteiger partial charge in [0.15, 0.2) is 6.61 Å². The van der Waals surface area contributed by atoms with Crippen LogP contribution in [0.3, 0.4) is 0 Å². The van der Waals surface area contributed by atoms with Crippen LogP contribution < -0.4 is 15.4 Å². The molecule has 0 radical (unpaired) electrons. The highest BCUT2D eigenvalue weighted by Gasteiger charge is 2.11. The van der Waals surface area contributed by atoms with Gasteiger partial charge in [-0.25, -0.2) is 0 Å². The molecule has 166 valence electrons. The van der Waals surface area contributed by atoms with E-state index in [-0.39, 0.29) is 18.1 Å². The average molecular weight is 440 g/mol. The molecule has 0 saturated heterocycles. The largest absolute Gasteiger partial charge is 0.484 e. The van der Waals surface area contributed by atoms with Gasteiger partial charge in [-0.2, -0.15) is 5.26 Å². The maximum atomic E-state index is 12.5. The molecule has 0 aromatic heterocycles. The number of hydrogen-bond donors (Lipinski definition) is 2. The fourth-order valence-electron chi connectivity index (χ4n) is 3.04. The van der Waals surface area contributed by atoms with Crippen LogP contribution in [0.5, 0.6) is 5.75 Å². The first kappa shape index (κ1) is 23.3. The number of benzene rings is 3. The molecule has 0 fully saturated rings. The maximum absolute atomic E-state index is 12.5. The van der Waals surface area contributed by atoms with Gasteiger partial charge in [0, 0.05) is 11.4 Å². The summed E-state index contributed by atoms with van der Waals surface area (Å²) in [4.78, 5) is 24.6. The van der Waals surface area contributed by atoms with Crippen molar-refractivity contribution in [2.45, 2.75) is 20.8 Å². The van der Waals surface area contributed by atoms with E-state index in [1.807, 2.05) is 63.2 Å². The summed E-state index contributed by atoms with van der Waals surface area (Å²) in [5.74, 6) is -0.234. The van der Waals surface area contributed by atoms with Gasteiger partial charge in [-0.15, -0.1) is 0 Å². The molecule has 0 aliphatic heterocycles. The number of carbonyl (C=O) groups is 2. The number of nitrogens with one attached hydrogen (secondary N) is 2. The molecule has 33 heavy (non-hydrogen) atoms. The summed E-state index contributed by atoms with van der Waals surface area (Å²) >= 11 is 0. The van der Waals surface area contributed by atoms with E-state index < -0.39 is 5.91 Å². The second-order valence-corrected chi connectivity index (χ2v) is 7.64. The molecule has 0 bridgehead atoms. The number of para-hydroxylation sites is 1. The summed E-state index contributed by atoms with van der Waals surface area (Å²) in [6.07, 6.45) is 1.50. The standard InChI is InChI=1S/C27H25N3O3/c1-18-8-11-23(14-20(18)3)29-26(31)17-33-24-12-9-21(10-13-24)15-22(16-28)27(32)30-25-7-5-4-6-19(25)2/h4-15H,17H2,1-3H3,(H,29,31)(H,30,32)/b22-15-. The highest BCUT2D eigenvalue weighted by Crippen LogP contribution is 2.18. The number of carbonyl (C=O) groups excluding carboxylic acids is 2. The first-order valence-electron chi connectivity index (χ1n) is 10.4. The fraction of sp³-hybridized carbons (Fsp3) is 0.148. The summed E-state index contributed by atoms with van der Waals surface area (Å²) in [6, 6.07) is 21.8. The summed E-state index contributed by atoms with van der Waals surface area (Å²) < 4.78 is 5.54. The quantitative estimate of drug-likeness (QED) is 0.392. The highest BCUT2D eigenvalue weighted by molar-refractivity contribution is 6.09. The van der Waals surface area contributed by atoms with Crippen molar-refractivity contribution >= 4 is 29.3 Å². The number of nitriles is 1. The Morgan fingerprint density at radius 2 is 1.64 bits per heavy atom. The second-order valence-electron chi connectivity index (χ2n) is 7.64. The second kappa shape index (κ2) is 10.8. The zero-order valence-electron chi connectivity index (χ0n) is 18.8. The van der Waals surface area contributed by atoms with E-state index in [4.69, 9.17) is 4.74 Å². The van der Waals surface area contributed by atoms with Crippen molar-refractivity contribution in [1.29, 1.82) is 5.26 Å². The van der Waals surface area contributed by atoms with Crippen LogP contribution in [0.2, 0.25) is 0 Å². The molecule has 3 aromatic rings. The number of nitrogens with zero attached hydrogens (tertiary/aromatic N) is 1. The highest BCUT2D eigenvalue weighted by atomic mass is 16.5. The van der Waals surface area contributed by atoms with Crippen LogP contribution in [-0.2, 0) is 9.59 Å². The SMILES string of the molecule is Cc1ccc(NC(=O)COc2ccc(/C=C(/C#N)C(=O)Nc3ccccc3C)cc2)cc1C. The van der Waals surface area contributed by atoms with Crippen LogP contribution in [0.4, 0.5) is 11.4 Å². The molecule has 0 saturated carbocycles.